The number of hydrogen-bond acceptors (Lipinski definition) is 4. The topological polar surface area (TPSA) is 63.4 Å². The normalized spacial score (nSPS) is 14.0. The van der Waals surface area contributed by atoms with E-state index in [1.807, 2.05) is 13.2 Å². The molecule has 0 saturated carbocycles. The molecule has 9 heteroatoms. The third-order valence-corrected chi connectivity index (χ3v) is 4.84. The number of halogens is 3. The Balaban J connectivity index is 3.36. The first-order valence-corrected chi connectivity index (χ1v) is 8.88. The van der Waals surface area contributed by atoms with E-state index in [4.69, 9.17) is 5.14 Å². The second-order valence-electron chi connectivity index (χ2n) is 4.64. The number of rotatable bonds is 5. The van der Waals surface area contributed by atoms with Crippen LogP contribution >= 0.6 is 11.8 Å². The zero-order chi connectivity index (χ0) is 16.4. The lowest BCUT2D eigenvalue weighted by atomic mass is 10.1. The highest BCUT2D eigenvalue weighted by atomic mass is 32.2. The first-order valence-electron chi connectivity index (χ1n) is 5.94. The lowest BCUT2D eigenvalue weighted by Gasteiger charge is -2.27. The molecule has 2 N–H and O–H groups in total. The summed E-state index contributed by atoms with van der Waals surface area (Å²) >= 11 is 1.57. The lowest BCUT2D eigenvalue weighted by Crippen LogP contribution is -2.31. The van der Waals surface area contributed by atoms with Gasteiger partial charge in [-0.05, 0) is 31.4 Å². The van der Waals surface area contributed by atoms with Gasteiger partial charge in [0, 0.05) is 24.5 Å². The van der Waals surface area contributed by atoms with Crippen molar-refractivity contribution in [1.82, 2.24) is 0 Å². The molecule has 0 aliphatic heterocycles. The van der Waals surface area contributed by atoms with Crippen molar-refractivity contribution in [3.05, 3.63) is 23.8 Å². The molecule has 0 fully saturated rings. The summed E-state index contributed by atoms with van der Waals surface area (Å²) in [6, 6.07) is 3.04. The van der Waals surface area contributed by atoms with E-state index in [1.165, 1.54) is 6.07 Å². The molecule has 0 aromatic heterocycles. The first kappa shape index (κ1) is 18.1. The smallest absolute Gasteiger partial charge is 0.371 e. The zero-order valence-corrected chi connectivity index (χ0v) is 13.4. The van der Waals surface area contributed by atoms with Gasteiger partial charge in [-0.3, -0.25) is 0 Å². The van der Waals surface area contributed by atoms with E-state index in [-0.39, 0.29) is 11.7 Å². The fourth-order valence-electron chi connectivity index (χ4n) is 1.81. The van der Waals surface area contributed by atoms with Gasteiger partial charge in [0.2, 0.25) is 10.0 Å². The van der Waals surface area contributed by atoms with Crippen LogP contribution < -0.4 is 10.0 Å². The van der Waals surface area contributed by atoms with E-state index in [9.17, 15) is 21.6 Å². The predicted octanol–water partition coefficient (Wildman–Crippen LogP) is 2.54. The van der Waals surface area contributed by atoms with Crippen molar-refractivity contribution < 1.29 is 21.6 Å². The molecule has 0 amide bonds. The molecule has 1 atom stereocenters. The Hall–Kier alpha value is -0.930. The number of nitrogens with zero attached hydrogens (tertiary/aromatic N) is 1. The molecule has 120 valence electrons. The monoisotopic (exact) mass is 342 g/mol. The fraction of sp³-hybridized carbons (Fsp3) is 0.500. The summed E-state index contributed by atoms with van der Waals surface area (Å²) in [4.78, 5) is 0.753. The maximum Gasteiger partial charge on any atom is 0.417 e. The van der Waals surface area contributed by atoms with E-state index in [0.717, 1.165) is 17.9 Å². The standard InChI is InChI=1S/C12H17F3N2O2S2/c1-8(7-20-3)17(2)9-4-5-11(21(16,18)19)10(6-9)12(13,14)15/h4-6,8H,7H2,1-3H3,(H2,16,18,19)/t8-/m1/s1. The maximum absolute atomic E-state index is 13.0. The summed E-state index contributed by atoms with van der Waals surface area (Å²) in [6.07, 6.45) is -2.89. The molecule has 21 heavy (non-hydrogen) atoms. The number of nitrogens with two attached hydrogens (primary N) is 1. The van der Waals surface area contributed by atoms with Gasteiger partial charge in [-0.15, -0.1) is 0 Å². The highest BCUT2D eigenvalue weighted by molar-refractivity contribution is 7.98. The summed E-state index contributed by atoms with van der Waals surface area (Å²) in [5, 5.41) is 4.84. The van der Waals surface area contributed by atoms with Crippen LogP contribution in [0.4, 0.5) is 18.9 Å². The number of alkyl halides is 3. The maximum atomic E-state index is 13.0. The molecule has 4 nitrogen and oxygen atoms in total. The van der Waals surface area contributed by atoms with E-state index >= 15 is 0 Å². The minimum Gasteiger partial charge on any atom is -0.371 e. The van der Waals surface area contributed by atoms with Crippen LogP contribution in [0.3, 0.4) is 0 Å². The number of primary sulfonamides is 1. The van der Waals surface area contributed by atoms with Crippen LogP contribution in [0.1, 0.15) is 12.5 Å². The molecule has 0 aliphatic carbocycles. The van der Waals surface area contributed by atoms with Crippen LogP contribution in [0.25, 0.3) is 0 Å². The minimum absolute atomic E-state index is 0.00131. The molecule has 1 aromatic rings. The molecular weight excluding hydrogens is 325 g/mol. The molecule has 0 unspecified atom stereocenters. The second-order valence-corrected chi connectivity index (χ2v) is 7.08. The van der Waals surface area contributed by atoms with Crippen molar-refractivity contribution in [2.45, 2.75) is 24.0 Å². The Labute approximate surface area is 126 Å². The number of benzene rings is 1. The van der Waals surface area contributed by atoms with Gasteiger partial charge >= 0.3 is 6.18 Å². The Kier molecular flexibility index (Phi) is 5.57. The van der Waals surface area contributed by atoms with Gasteiger partial charge in [-0.2, -0.15) is 24.9 Å². The Morgan fingerprint density at radius 1 is 1.38 bits per heavy atom. The van der Waals surface area contributed by atoms with Gasteiger partial charge < -0.3 is 4.90 Å². The van der Waals surface area contributed by atoms with Gasteiger partial charge in [-0.25, -0.2) is 13.6 Å². The van der Waals surface area contributed by atoms with Crippen LogP contribution in [0.15, 0.2) is 23.1 Å². The predicted molar refractivity (Wildman–Crippen MR) is 79.1 cm³/mol. The summed E-state index contributed by atoms with van der Waals surface area (Å²) in [7, 11) is -2.77. The van der Waals surface area contributed by atoms with Gasteiger partial charge in [0.25, 0.3) is 0 Å². The van der Waals surface area contributed by atoms with Crippen molar-refractivity contribution in [2.24, 2.45) is 5.14 Å². The second kappa shape index (κ2) is 6.45. The van der Waals surface area contributed by atoms with Crippen molar-refractivity contribution in [3.8, 4) is 0 Å². The van der Waals surface area contributed by atoms with E-state index in [2.05, 4.69) is 0 Å². The van der Waals surface area contributed by atoms with Crippen molar-refractivity contribution in [3.63, 3.8) is 0 Å². The number of sulfonamides is 1. The summed E-state index contributed by atoms with van der Waals surface area (Å²) in [5.74, 6) is 0.731. The zero-order valence-electron chi connectivity index (χ0n) is 11.8. The highest BCUT2D eigenvalue weighted by Gasteiger charge is 2.37. The number of anilines is 1. The van der Waals surface area contributed by atoms with E-state index in [1.54, 1.807) is 23.7 Å². The Morgan fingerprint density at radius 3 is 2.38 bits per heavy atom. The van der Waals surface area contributed by atoms with Crippen LogP contribution in [0, 0.1) is 0 Å². The molecule has 0 heterocycles. The van der Waals surface area contributed by atoms with E-state index in [0.29, 0.717) is 0 Å². The SMILES string of the molecule is CSC[C@@H](C)N(C)c1ccc(S(N)(=O)=O)c(C(F)(F)F)c1. The van der Waals surface area contributed by atoms with Crippen molar-refractivity contribution in [2.75, 3.05) is 24.0 Å². The molecule has 0 aliphatic rings. The molecule has 0 radical (unpaired) electrons. The average Bonchev–Trinajstić information content (AvgIpc) is 2.35. The Morgan fingerprint density at radius 2 is 1.95 bits per heavy atom. The molecular formula is C12H17F3N2O2S2. The molecule has 0 spiro atoms. The lowest BCUT2D eigenvalue weighted by molar-refractivity contribution is -0.139. The fourth-order valence-corrected chi connectivity index (χ4v) is 3.26. The third kappa shape index (κ3) is 4.52. The first-order chi connectivity index (χ1) is 9.48. The van der Waals surface area contributed by atoms with Crippen LogP contribution in [0.2, 0.25) is 0 Å². The van der Waals surface area contributed by atoms with Crippen LogP contribution in [0.5, 0.6) is 0 Å². The van der Waals surface area contributed by atoms with Gasteiger partial charge in [-0.1, -0.05) is 0 Å². The molecule has 0 bridgehead atoms. The number of thioether (sulfide) groups is 1. The van der Waals surface area contributed by atoms with Gasteiger partial charge in [0.1, 0.15) is 0 Å². The molecule has 1 aromatic carbocycles. The number of hydrogen-bond donors (Lipinski definition) is 1. The largest absolute Gasteiger partial charge is 0.417 e. The molecule has 0 saturated heterocycles. The van der Waals surface area contributed by atoms with Crippen LogP contribution in [-0.4, -0.2) is 33.5 Å². The van der Waals surface area contributed by atoms with Crippen molar-refractivity contribution >= 4 is 27.5 Å². The Bertz CT molecular complexity index is 603. The minimum atomic E-state index is -4.79. The van der Waals surface area contributed by atoms with Gasteiger partial charge in [0.05, 0.1) is 10.5 Å². The quantitative estimate of drug-likeness (QED) is 0.893. The highest BCUT2D eigenvalue weighted by Crippen LogP contribution is 2.36. The van der Waals surface area contributed by atoms with E-state index < -0.39 is 26.7 Å². The summed E-state index contributed by atoms with van der Waals surface area (Å²) in [5.41, 5.74) is -0.957. The molecule has 1 rings (SSSR count). The summed E-state index contributed by atoms with van der Waals surface area (Å²) in [6.45, 7) is 1.87. The van der Waals surface area contributed by atoms with Gasteiger partial charge in [0.15, 0.2) is 0 Å². The van der Waals surface area contributed by atoms with Crippen molar-refractivity contribution in [1.29, 1.82) is 0 Å². The average molecular weight is 342 g/mol. The summed E-state index contributed by atoms with van der Waals surface area (Å²) < 4.78 is 61.6. The third-order valence-electron chi connectivity index (χ3n) is 3.05. The van der Waals surface area contributed by atoms with Crippen LogP contribution in [-0.2, 0) is 16.2 Å².